The summed E-state index contributed by atoms with van der Waals surface area (Å²) in [6, 6.07) is 3.95. The predicted molar refractivity (Wildman–Crippen MR) is 87.3 cm³/mol. The van der Waals surface area contributed by atoms with Crippen LogP contribution in [0.3, 0.4) is 0 Å². The van der Waals surface area contributed by atoms with Crippen LogP contribution >= 0.6 is 0 Å². The van der Waals surface area contributed by atoms with E-state index in [0.29, 0.717) is 13.0 Å². The van der Waals surface area contributed by atoms with E-state index in [4.69, 9.17) is 9.15 Å². The molecule has 1 amide bonds. The number of aryl methyl sites for hydroxylation is 1. The summed E-state index contributed by atoms with van der Waals surface area (Å²) in [5.74, 6) is 2.07. The molecule has 2 saturated heterocycles. The maximum Gasteiger partial charge on any atom is 0.223 e. The van der Waals surface area contributed by atoms with Gasteiger partial charge in [-0.1, -0.05) is 0 Å². The average molecular weight is 321 g/mol. The summed E-state index contributed by atoms with van der Waals surface area (Å²) in [5, 5.41) is 0. The van der Waals surface area contributed by atoms with Crippen LogP contribution in [0.5, 0.6) is 0 Å². The highest BCUT2D eigenvalue weighted by atomic mass is 16.5. The van der Waals surface area contributed by atoms with Crippen LogP contribution in [0, 0.1) is 6.92 Å². The van der Waals surface area contributed by atoms with E-state index < -0.39 is 0 Å². The van der Waals surface area contributed by atoms with Crippen molar-refractivity contribution in [2.75, 3.05) is 59.5 Å². The fourth-order valence-electron chi connectivity index (χ4n) is 3.17. The van der Waals surface area contributed by atoms with Crippen molar-refractivity contribution in [3.8, 4) is 0 Å². The molecule has 1 aromatic rings. The molecule has 23 heavy (non-hydrogen) atoms. The van der Waals surface area contributed by atoms with Crippen LogP contribution in [-0.4, -0.2) is 80.1 Å². The van der Waals surface area contributed by atoms with E-state index in [-0.39, 0.29) is 12.0 Å². The van der Waals surface area contributed by atoms with Gasteiger partial charge >= 0.3 is 0 Å². The van der Waals surface area contributed by atoms with Crippen molar-refractivity contribution in [1.82, 2.24) is 14.7 Å². The maximum atomic E-state index is 12.3. The van der Waals surface area contributed by atoms with E-state index >= 15 is 0 Å². The first-order valence-electron chi connectivity index (χ1n) is 8.48. The fourth-order valence-corrected chi connectivity index (χ4v) is 3.17. The van der Waals surface area contributed by atoms with Crippen molar-refractivity contribution in [2.24, 2.45) is 0 Å². The third kappa shape index (κ3) is 4.34. The van der Waals surface area contributed by atoms with Gasteiger partial charge in [-0.15, -0.1) is 0 Å². The van der Waals surface area contributed by atoms with Crippen LogP contribution in [-0.2, 0) is 9.53 Å². The number of carbonyl (C=O) groups is 1. The second-order valence-electron chi connectivity index (χ2n) is 6.54. The summed E-state index contributed by atoms with van der Waals surface area (Å²) in [6.45, 7) is 8.76. The zero-order valence-electron chi connectivity index (χ0n) is 14.2. The average Bonchev–Trinajstić information content (AvgIpc) is 3.00. The molecule has 1 atom stereocenters. The number of hydrogen-bond acceptors (Lipinski definition) is 5. The van der Waals surface area contributed by atoms with Crippen molar-refractivity contribution < 1.29 is 13.9 Å². The lowest BCUT2D eigenvalue weighted by atomic mass is 10.2. The number of furan rings is 1. The Bertz CT molecular complexity index is 523. The minimum atomic E-state index is -0.0174. The molecule has 3 heterocycles. The molecule has 0 saturated carbocycles. The molecule has 6 nitrogen and oxygen atoms in total. The van der Waals surface area contributed by atoms with Gasteiger partial charge < -0.3 is 19.0 Å². The highest BCUT2D eigenvalue weighted by Crippen LogP contribution is 2.24. The van der Waals surface area contributed by atoms with Crippen LogP contribution in [0.25, 0.3) is 0 Å². The zero-order valence-corrected chi connectivity index (χ0v) is 14.2. The predicted octanol–water partition coefficient (Wildman–Crippen LogP) is 1.13. The smallest absolute Gasteiger partial charge is 0.223 e. The molecule has 2 fully saturated rings. The van der Waals surface area contributed by atoms with Gasteiger partial charge in [0.1, 0.15) is 17.6 Å². The number of ether oxygens (including phenoxy) is 1. The minimum absolute atomic E-state index is 0.0174. The number of piperazine rings is 1. The Morgan fingerprint density at radius 3 is 2.70 bits per heavy atom. The molecule has 0 bridgehead atoms. The molecule has 1 aromatic heterocycles. The quantitative estimate of drug-likeness (QED) is 0.832. The van der Waals surface area contributed by atoms with Gasteiger partial charge in [0.25, 0.3) is 0 Å². The number of nitrogens with zero attached hydrogens (tertiary/aromatic N) is 3. The van der Waals surface area contributed by atoms with Gasteiger partial charge in [-0.3, -0.25) is 9.69 Å². The molecule has 0 aliphatic carbocycles. The van der Waals surface area contributed by atoms with Crippen molar-refractivity contribution in [3.63, 3.8) is 0 Å². The summed E-state index contributed by atoms with van der Waals surface area (Å²) < 4.78 is 11.5. The van der Waals surface area contributed by atoms with Gasteiger partial charge in [-0.25, -0.2) is 0 Å². The highest BCUT2D eigenvalue weighted by molar-refractivity contribution is 5.76. The third-order valence-corrected chi connectivity index (χ3v) is 4.73. The molecule has 6 heteroatoms. The molecule has 0 radical (unpaired) electrons. The van der Waals surface area contributed by atoms with Gasteiger partial charge in [0.05, 0.1) is 6.61 Å². The molecule has 128 valence electrons. The summed E-state index contributed by atoms with van der Waals surface area (Å²) in [6.07, 6.45) is 0.573. The standard InChI is InChI=1S/C17H27N3O3/c1-14-3-4-15(23-14)16-13-19(11-12-22-16)6-5-17(21)20-9-7-18(2)8-10-20/h3-4,16H,5-13H2,1-2H3/t16-/m0/s1. The van der Waals surface area contributed by atoms with Crippen molar-refractivity contribution in [1.29, 1.82) is 0 Å². The number of carbonyl (C=O) groups excluding carboxylic acids is 1. The van der Waals surface area contributed by atoms with E-state index in [0.717, 1.165) is 57.3 Å². The van der Waals surface area contributed by atoms with E-state index in [9.17, 15) is 4.79 Å². The molecule has 0 unspecified atom stereocenters. The van der Waals surface area contributed by atoms with Crippen LogP contribution in [0.2, 0.25) is 0 Å². The van der Waals surface area contributed by atoms with Gasteiger partial charge in [0.2, 0.25) is 5.91 Å². The Hall–Kier alpha value is -1.37. The summed E-state index contributed by atoms with van der Waals surface area (Å²) in [7, 11) is 2.10. The normalized spacial score (nSPS) is 24.1. The van der Waals surface area contributed by atoms with Crippen LogP contribution in [0.15, 0.2) is 16.5 Å². The summed E-state index contributed by atoms with van der Waals surface area (Å²) in [4.78, 5) is 18.9. The molecule has 0 aromatic carbocycles. The zero-order chi connectivity index (χ0) is 16.2. The SMILES string of the molecule is Cc1ccc([C@@H]2CN(CCC(=O)N3CCN(C)CC3)CCO2)o1. The van der Waals surface area contributed by atoms with Gasteiger partial charge in [-0.05, 0) is 26.1 Å². The Morgan fingerprint density at radius 1 is 1.22 bits per heavy atom. The van der Waals surface area contributed by atoms with E-state index in [1.165, 1.54) is 0 Å². The first-order chi connectivity index (χ1) is 11.1. The topological polar surface area (TPSA) is 49.2 Å². The number of morpholine rings is 1. The fraction of sp³-hybridized carbons (Fsp3) is 0.706. The van der Waals surface area contributed by atoms with Crippen molar-refractivity contribution in [3.05, 3.63) is 23.7 Å². The van der Waals surface area contributed by atoms with Gasteiger partial charge in [-0.2, -0.15) is 0 Å². The second kappa shape index (κ2) is 7.47. The number of amides is 1. The van der Waals surface area contributed by atoms with Crippen LogP contribution in [0.4, 0.5) is 0 Å². The van der Waals surface area contributed by atoms with E-state index in [1.54, 1.807) is 0 Å². The number of hydrogen-bond donors (Lipinski definition) is 0. The van der Waals surface area contributed by atoms with E-state index in [1.807, 2.05) is 24.0 Å². The number of rotatable bonds is 4. The van der Waals surface area contributed by atoms with Crippen LogP contribution in [0.1, 0.15) is 24.0 Å². The lowest BCUT2D eigenvalue weighted by Gasteiger charge is -2.34. The van der Waals surface area contributed by atoms with Crippen molar-refractivity contribution in [2.45, 2.75) is 19.4 Å². The summed E-state index contributed by atoms with van der Waals surface area (Å²) in [5.41, 5.74) is 0. The lowest BCUT2D eigenvalue weighted by molar-refractivity contribution is -0.133. The molecular weight excluding hydrogens is 294 g/mol. The molecule has 2 aliphatic rings. The van der Waals surface area contributed by atoms with E-state index in [2.05, 4.69) is 16.8 Å². The van der Waals surface area contributed by atoms with Crippen molar-refractivity contribution >= 4 is 5.91 Å². The highest BCUT2D eigenvalue weighted by Gasteiger charge is 2.25. The first kappa shape index (κ1) is 16.5. The molecule has 2 aliphatic heterocycles. The third-order valence-electron chi connectivity index (χ3n) is 4.73. The second-order valence-corrected chi connectivity index (χ2v) is 6.54. The molecule has 0 spiro atoms. The summed E-state index contributed by atoms with van der Waals surface area (Å²) >= 11 is 0. The maximum absolute atomic E-state index is 12.3. The molecule has 3 rings (SSSR count). The largest absolute Gasteiger partial charge is 0.464 e. The Kier molecular flexibility index (Phi) is 5.35. The molecule has 0 N–H and O–H groups in total. The number of likely N-dealkylation sites (N-methyl/N-ethyl adjacent to an activating group) is 1. The Labute approximate surface area is 138 Å². The molecular formula is C17H27N3O3. The Balaban J connectivity index is 1.45. The first-order valence-corrected chi connectivity index (χ1v) is 8.48. The van der Waals surface area contributed by atoms with Gasteiger partial charge in [0, 0.05) is 52.2 Å². The monoisotopic (exact) mass is 321 g/mol. The Morgan fingerprint density at radius 2 is 2.00 bits per heavy atom. The lowest BCUT2D eigenvalue weighted by Crippen LogP contribution is -2.48. The van der Waals surface area contributed by atoms with Gasteiger partial charge in [0.15, 0.2) is 0 Å². The van der Waals surface area contributed by atoms with Crippen LogP contribution < -0.4 is 0 Å². The minimum Gasteiger partial charge on any atom is -0.464 e.